The fourth-order valence-corrected chi connectivity index (χ4v) is 5.21. The van der Waals surface area contributed by atoms with E-state index in [1.165, 1.54) is 36.5 Å². The Bertz CT molecular complexity index is 1330. The van der Waals surface area contributed by atoms with Crippen LogP contribution in [0, 0.1) is 5.92 Å². The van der Waals surface area contributed by atoms with Crippen LogP contribution < -0.4 is 16.4 Å². The highest BCUT2D eigenvalue weighted by molar-refractivity contribution is 6.53. The van der Waals surface area contributed by atoms with Crippen LogP contribution in [0.5, 0.6) is 0 Å². The molecule has 1 aliphatic carbocycles. The summed E-state index contributed by atoms with van der Waals surface area (Å²) in [7, 11) is 0. The molecule has 2 unspecified atom stereocenters. The van der Waals surface area contributed by atoms with E-state index in [0.29, 0.717) is 27.0 Å². The van der Waals surface area contributed by atoms with Gasteiger partial charge in [-0.05, 0) is 54.1 Å². The van der Waals surface area contributed by atoms with Crippen molar-refractivity contribution in [2.24, 2.45) is 11.7 Å². The molecule has 2 aromatic carbocycles. The average Bonchev–Trinajstić information content (AvgIpc) is 3.36. The van der Waals surface area contributed by atoms with E-state index >= 15 is 0 Å². The number of carbonyl (C=O) groups excluding carboxylic acids is 3. The topological polar surface area (TPSA) is 114 Å². The molecule has 1 heterocycles. The predicted octanol–water partition coefficient (Wildman–Crippen LogP) is 6.56. The van der Waals surface area contributed by atoms with Crippen molar-refractivity contribution in [1.29, 1.82) is 0 Å². The van der Waals surface area contributed by atoms with Crippen LogP contribution in [0.25, 0.3) is 0 Å². The van der Waals surface area contributed by atoms with Crippen LogP contribution in [0.15, 0.2) is 54.7 Å². The zero-order valence-corrected chi connectivity index (χ0v) is 21.3. The summed E-state index contributed by atoms with van der Waals surface area (Å²) in [5, 5.41) is 6.29. The van der Waals surface area contributed by atoms with Gasteiger partial charge in [0.2, 0.25) is 5.91 Å². The molecule has 3 amide bonds. The lowest BCUT2D eigenvalue weighted by molar-refractivity contribution is -0.117. The summed E-state index contributed by atoms with van der Waals surface area (Å²) >= 11 is 31.1. The van der Waals surface area contributed by atoms with Crippen molar-refractivity contribution in [3.05, 3.63) is 86.6 Å². The molecule has 0 bridgehead atoms. The first-order valence-corrected chi connectivity index (χ1v) is 11.9. The normalized spacial score (nSPS) is 17.5. The number of rotatable bonds is 6. The Labute approximate surface area is 232 Å². The number of hydrogen-bond acceptors (Lipinski definition) is 4. The van der Waals surface area contributed by atoms with Crippen molar-refractivity contribution in [3.63, 3.8) is 0 Å². The zero-order chi connectivity index (χ0) is 25.5. The van der Waals surface area contributed by atoms with Gasteiger partial charge in [0.05, 0.1) is 28.4 Å². The molecule has 188 valence electrons. The number of nitrogens with zero attached hydrogens (tertiary/aromatic N) is 1. The first-order chi connectivity index (χ1) is 16.5. The second kappa shape index (κ2) is 10.8. The molecular weight excluding hydrogens is 570 g/mol. The quantitative estimate of drug-likeness (QED) is 0.283. The monoisotopic (exact) mass is 586 g/mol. The molecule has 1 saturated carbocycles. The molecular formula is C24H19Cl5N4O3. The molecule has 4 rings (SSSR count). The molecule has 1 fully saturated rings. The van der Waals surface area contributed by atoms with Gasteiger partial charge in [-0.25, -0.2) is 4.98 Å². The van der Waals surface area contributed by atoms with E-state index in [-0.39, 0.29) is 23.7 Å². The molecule has 1 aromatic heterocycles. The fourth-order valence-electron chi connectivity index (χ4n) is 3.63. The van der Waals surface area contributed by atoms with Gasteiger partial charge in [-0.2, -0.15) is 0 Å². The van der Waals surface area contributed by atoms with Gasteiger partial charge in [-0.3, -0.25) is 14.4 Å². The summed E-state index contributed by atoms with van der Waals surface area (Å²) in [6.07, 6.45) is 1.29. The summed E-state index contributed by atoms with van der Waals surface area (Å²) < 4.78 is -1.35. The number of amides is 3. The number of anilines is 2. The van der Waals surface area contributed by atoms with E-state index in [2.05, 4.69) is 15.6 Å². The summed E-state index contributed by atoms with van der Waals surface area (Å²) in [5.41, 5.74) is 6.58. The maximum Gasteiger partial charge on any atom is 0.267 e. The van der Waals surface area contributed by atoms with E-state index < -0.39 is 33.9 Å². The number of halogens is 5. The van der Waals surface area contributed by atoms with Crippen LogP contribution in [0.1, 0.15) is 39.8 Å². The van der Waals surface area contributed by atoms with Crippen LogP contribution in [0.3, 0.4) is 0 Å². The maximum atomic E-state index is 13.0. The fraction of sp³-hybridized carbons (Fsp3) is 0.167. The Kier molecular flexibility index (Phi) is 8.43. The minimum Gasteiger partial charge on any atom is -0.364 e. The molecule has 3 aromatic rings. The van der Waals surface area contributed by atoms with Crippen LogP contribution in [0.2, 0.25) is 15.1 Å². The van der Waals surface area contributed by atoms with Gasteiger partial charge >= 0.3 is 0 Å². The Morgan fingerprint density at radius 2 is 1.53 bits per heavy atom. The number of pyridine rings is 1. The Morgan fingerprint density at radius 3 is 2.11 bits per heavy atom. The van der Waals surface area contributed by atoms with Gasteiger partial charge in [0.25, 0.3) is 11.8 Å². The van der Waals surface area contributed by atoms with Crippen molar-refractivity contribution in [1.82, 2.24) is 4.98 Å². The van der Waals surface area contributed by atoms with Gasteiger partial charge in [-0.1, -0.05) is 42.2 Å². The van der Waals surface area contributed by atoms with E-state index in [4.69, 9.17) is 63.7 Å². The highest BCUT2D eigenvalue weighted by Crippen LogP contribution is 2.65. The lowest BCUT2D eigenvalue weighted by Crippen LogP contribution is -2.18. The predicted molar refractivity (Wildman–Crippen MR) is 145 cm³/mol. The van der Waals surface area contributed by atoms with Crippen LogP contribution in [-0.2, 0) is 4.79 Å². The average molecular weight is 589 g/mol. The van der Waals surface area contributed by atoms with Crippen molar-refractivity contribution in [2.75, 3.05) is 10.6 Å². The number of carbonyl (C=O) groups is 3. The van der Waals surface area contributed by atoms with Crippen molar-refractivity contribution in [3.8, 4) is 0 Å². The molecule has 0 spiro atoms. The Balaban J connectivity index is 0.00000361. The van der Waals surface area contributed by atoms with Gasteiger partial charge in [0.15, 0.2) is 0 Å². The SMILES string of the molecule is C.NC(=O)c1ccc(NC(=O)c2cc(NC(=O)C3C(c4cc(Cl)cc(Cl)c4)C3(Cl)Cl)ccc2Cl)cn1. The maximum absolute atomic E-state index is 13.0. The highest BCUT2D eigenvalue weighted by Gasteiger charge is 2.67. The molecule has 36 heavy (non-hydrogen) atoms. The van der Waals surface area contributed by atoms with Crippen molar-refractivity contribution < 1.29 is 14.4 Å². The van der Waals surface area contributed by atoms with E-state index in [1.54, 1.807) is 18.2 Å². The number of benzene rings is 2. The van der Waals surface area contributed by atoms with E-state index in [0.717, 1.165) is 0 Å². The molecule has 12 heteroatoms. The van der Waals surface area contributed by atoms with Gasteiger partial charge < -0.3 is 16.4 Å². The minimum absolute atomic E-state index is 0. The number of aromatic nitrogens is 1. The van der Waals surface area contributed by atoms with Crippen LogP contribution >= 0.6 is 58.0 Å². The molecule has 0 radical (unpaired) electrons. The second-order valence-corrected chi connectivity index (χ2v) is 10.5. The van der Waals surface area contributed by atoms with Crippen LogP contribution in [0.4, 0.5) is 11.4 Å². The smallest absolute Gasteiger partial charge is 0.267 e. The van der Waals surface area contributed by atoms with Gasteiger partial charge in [-0.15, -0.1) is 23.2 Å². The second-order valence-electron chi connectivity index (χ2n) is 7.77. The summed E-state index contributed by atoms with van der Waals surface area (Å²) in [5.74, 6) is -2.99. The molecule has 0 saturated heterocycles. The zero-order valence-electron chi connectivity index (χ0n) is 17.5. The van der Waals surface area contributed by atoms with E-state index in [1.807, 2.05) is 0 Å². The third-order valence-corrected chi connectivity index (χ3v) is 7.04. The van der Waals surface area contributed by atoms with Crippen molar-refractivity contribution >= 4 is 87.1 Å². The highest BCUT2D eigenvalue weighted by atomic mass is 35.5. The summed E-state index contributed by atoms with van der Waals surface area (Å²) in [6.45, 7) is 0. The molecule has 7 nitrogen and oxygen atoms in total. The van der Waals surface area contributed by atoms with Gasteiger partial charge in [0.1, 0.15) is 10.0 Å². The Hall–Kier alpha value is -2.55. The number of nitrogens with one attached hydrogen (secondary N) is 2. The Morgan fingerprint density at radius 1 is 0.889 bits per heavy atom. The van der Waals surface area contributed by atoms with Crippen molar-refractivity contribution in [2.45, 2.75) is 17.7 Å². The number of alkyl halides is 2. The standard InChI is InChI=1S/C23H15Cl5N4O3.CH4/c24-11-5-10(6-12(25)7-11)18-19(23(18,27)28)22(35)31-13-1-3-16(26)15(8-13)21(34)32-14-2-4-17(20(29)33)30-9-14;/h1-9,18-19H,(H2,29,33)(H,31,35)(H,32,34);1H4. The number of nitrogens with two attached hydrogens (primary N) is 1. The summed E-state index contributed by atoms with van der Waals surface area (Å²) in [6, 6.07) is 12.1. The number of hydrogen-bond donors (Lipinski definition) is 3. The lowest BCUT2D eigenvalue weighted by Gasteiger charge is -2.10. The molecule has 1 aliphatic rings. The number of primary amides is 1. The van der Waals surface area contributed by atoms with Gasteiger partial charge in [0, 0.05) is 21.7 Å². The first-order valence-electron chi connectivity index (χ1n) is 9.99. The third kappa shape index (κ3) is 5.88. The summed E-state index contributed by atoms with van der Waals surface area (Å²) in [4.78, 5) is 40.7. The lowest BCUT2D eigenvalue weighted by atomic mass is 10.1. The molecule has 0 aliphatic heterocycles. The first kappa shape index (κ1) is 28.0. The minimum atomic E-state index is -1.35. The molecule has 4 N–H and O–H groups in total. The van der Waals surface area contributed by atoms with Crippen LogP contribution in [-0.4, -0.2) is 27.0 Å². The van der Waals surface area contributed by atoms with E-state index in [9.17, 15) is 14.4 Å². The largest absolute Gasteiger partial charge is 0.364 e. The molecule has 2 atom stereocenters. The third-order valence-electron chi connectivity index (χ3n) is 5.33.